The first kappa shape index (κ1) is 12.4. The van der Waals surface area contributed by atoms with Gasteiger partial charge in [-0.2, -0.15) is 0 Å². The molecule has 0 heterocycles. The number of carbonyl (C=O) groups is 2. The molecule has 1 aliphatic rings. The van der Waals surface area contributed by atoms with E-state index in [0.29, 0.717) is 0 Å². The quantitative estimate of drug-likeness (QED) is 0.724. The lowest BCUT2D eigenvalue weighted by atomic mass is 10.1. The Hall–Kier alpha value is -2.04. The normalized spacial score (nSPS) is 16.0. The third kappa shape index (κ3) is 3.23. The molecule has 5 nitrogen and oxygen atoms in total. The molecule has 0 aromatic heterocycles. The largest absolute Gasteiger partial charge is 0.508 e. The van der Waals surface area contributed by atoms with E-state index in [1.807, 2.05) is 0 Å². The Morgan fingerprint density at radius 2 is 1.89 bits per heavy atom. The monoisotopic (exact) mass is 249 g/mol. The number of carboxylic acid groups (broad SMARTS) is 1. The molecule has 1 aliphatic carbocycles. The number of phenolic OH excluding ortho intramolecular Hbond substituents is 1. The van der Waals surface area contributed by atoms with E-state index in [-0.39, 0.29) is 24.0 Å². The Kier molecular flexibility index (Phi) is 3.50. The van der Waals surface area contributed by atoms with E-state index >= 15 is 0 Å². The average Bonchev–Trinajstić information content (AvgIpc) is 3.14. The lowest BCUT2D eigenvalue weighted by molar-refractivity contribution is -0.142. The van der Waals surface area contributed by atoms with Crippen molar-refractivity contribution in [2.75, 3.05) is 0 Å². The molecule has 0 bridgehead atoms. The zero-order valence-electron chi connectivity index (χ0n) is 9.80. The molecule has 96 valence electrons. The molecule has 0 saturated heterocycles. The number of carboxylic acids is 1. The van der Waals surface area contributed by atoms with E-state index in [0.717, 1.165) is 18.4 Å². The number of aromatic hydroxyl groups is 1. The maximum atomic E-state index is 11.6. The fourth-order valence-corrected chi connectivity index (χ4v) is 1.70. The Labute approximate surface area is 104 Å². The molecule has 1 atom stereocenters. The van der Waals surface area contributed by atoms with Crippen LogP contribution < -0.4 is 5.32 Å². The molecule has 3 N–H and O–H groups in total. The summed E-state index contributed by atoms with van der Waals surface area (Å²) < 4.78 is 0. The SMILES string of the molecule is O=C(NC(Cc1ccc(O)cc1)C(=O)O)C1CC1. The molecule has 18 heavy (non-hydrogen) atoms. The van der Waals surface area contributed by atoms with Gasteiger partial charge in [-0.3, -0.25) is 4.79 Å². The van der Waals surface area contributed by atoms with Crippen LogP contribution >= 0.6 is 0 Å². The third-order valence-electron chi connectivity index (χ3n) is 2.94. The second-order valence-electron chi connectivity index (χ2n) is 4.54. The number of rotatable bonds is 5. The van der Waals surface area contributed by atoms with Gasteiger partial charge in [0, 0.05) is 12.3 Å². The van der Waals surface area contributed by atoms with Crippen LogP contribution in [0.1, 0.15) is 18.4 Å². The van der Waals surface area contributed by atoms with Crippen LogP contribution in [0, 0.1) is 5.92 Å². The van der Waals surface area contributed by atoms with E-state index in [1.165, 1.54) is 12.1 Å². The molecule has 1 fully saturated rings. The van der Waals surface area contributed by atoms with E-state index in [1.54, 1.807) is 12.1 Å². The average molecular weight is 249 g/mol. The fraction of sp³-hybridized carbons (Fsp3) is 0.385. The number of benzene rings is 1. The van der Waals surface area contributed by atoms with Gasteiger partial charge in [0.2, 0.25) is 5.91 Å². The first-order valence-electron chi connectivity index (χ1n) is 5.87. The first-order chi connectivity index (χ1) is 8.56. The lowest BCUT2D eigenvalue weighted by Gasteiger charge is -2.14. The molecule has 1 amide bonds. The standard InChI is InChI=1S/C13H15NO4/c15-10-5-1-8(2-6-10)7-11(13(17)18)14-12(16)9-3-4-9/h1-2,5-6,9,11,15H,3-4,7H2,(H,14,16)(H,17,18). The second kappa shape index (κ2) is 5.08. The molecule has 1 aromatic rings. The van der Waals surface area contributed by atoms with Crippen molar-refractivity contribution in [2.24, 2.45) is 5.92 Å². The van der Waals surface area contributed by atoms with Crippen LogP contribution in [0.15, 0.2) is 24.3 Å². The van der Waals surface area contributed by atoms with Crippen LogP contribution in [0.4, 0.5) is 0 Å². The molecule has 0 aliphatic heterocycles. The van der Waals surface area contributed by atoms with E-state index in [9.17, 15) is 9.59 Å². The summed E-state index contributed by atoms with van der Waals surface area (Å²) in [5, 5.41) is 20.8. The fourth-order valence-electron chi connectivity index (χ4n) is 1.70. The molecule has 1 unspecified atom stereocenters. The molecule has 0 spiro atoms. The van der Waals surface area contributed by atoms with Crippen LogP contribution in [-0.4, -0.2) is 28.1 Å². The zero-order chi connectivity index (χ0) is 13.1. The Bertz CT molecular complexity index is 451. The van der Waals surface area contributed by atoms with Crippen molar-refractivity contribution in [3.8, 4) is 5.75 Å². The van der Waals surface area contributed by atoms with Crippen LogP contribution in [0.5, 0.6) is 5.75 Å². The summed E-state index contributed by atoms with van der Waals surface area (Å²) in [5.74, 6) is -1.10. The van der Waals surface area contributed by atoms with Gasteiger partial charge in [-0.1, -0.05) is 12.1 Å². The summed E-state index contributed by atoms with van der Waals surface area (Å²) in [6.45, 7) is 0. The van der Waals surface area contributed by atoms with Gasteiger partial charge < -0.3 is 15.5 Å². The van der Waals surface area contributed by atoms with Crippen molar-refractivity contribution >= 4 is 11.9 Å². The summed E-state index contributed by atoms with van der Waals surface area (Å²) in [4.78, 5) is 22.6. The summed E-state index contributed by atoms with van der Waals surface area (Å²) in [7, 11) is 0. The molecule has 0 radical (unpaired) electrons. The van der Waals surface area contributed by atoms with Crippen LogP contribution in [0.3, 0.4) is 0 Å². The van der Waals surface area contributed by atoms with Crippen molar-refractivity contribution < 1.29 is 19.8 Å². The number of hydrogen-bond acceptors (Lipinski definition) is 3. The van der Waals surface area contributed by atoms with Crippen LogP contribution in [0.25, 0.3) is 0 Å². The molecular weight excluding hydrogens is 234 g/mol. The van der Waals surface area contributed by atoms with Gasteiger partial charge >= 0.3 is 5.97 Å². The highest BCUT2D eigenvalue weighted by molar-refractivity contribution is 5.86. The minimum atomic E-state index is -1.04. The van der Waals surface area contributed by atoms with Gasteiger partial charge in [0.1, 0.15) is 11.8 Å². The molecular formula is C13H15NO4. The number of nitrogens with one attached hydrogen (secondary N) is 1. The number of hydrogen-bond donors (Lipinski definition) is 3. The van der Waals surface area contributed by atoms with E-state index < -0.39 is 12.0 Å². The van der Waals surface area contributed by atoms with Gasteiger partial charge in [0.15, 0.2) is 0 Å². The third-order valence-corrected chi connectivity index (χ3v) is 2.94. The van der Waals surface area contributed by atoms with Gasteiger partial charge in [-0.15, -0.1) is 0 Å². The van der Waals surface area contributed by atoms with Crippen LogP contribution in [-0.2, 0) is 16.0 Å². The van der Waals surface area contributed by atoms with Crippen molar-refractivity contribution in [1.29, 1.82) is 0 Å². The number of phenols is 1. The topological polar surface area (TPSA) is 86.6 Å². The summed E-state index contributed by atoms with van der Waals surface area (Å²) in [6.07, 6.45) is 1.91. The summed E-state index contributed by atoms with van der Waals surface area (Å²) in [5.41, 5.74) is 0.760. The van der Waals surface area contributed by atoms with E-state index in [4.69, 9.17) is 10.2 Å². The summed E-state index contributed by atoms with van der Waals surface area (Å²) in [6, 6.07) is 5.37. The lowest BCUT2D eigenvalue weighted by Crippen LogP contribution is -2.43. The maximum absolute atomic E-state index is 11.6. The van der Waals surface area contributed by atoms with Crippen molar-refractivity contribution in [2.45, 2.75) is 25.3 Å². The highest BCUT2D eigenvalue weighted by Gasteiger charge is 2.32. The van der Waals surface area contributed by atoms with Gasteiger partial charge in [-0.25, -0.2) is 4.79 Å². The summed E-state index contributed by atoms with van der Waals surface area (Å²) >= 11 is 0. The molecule has 2 rings (SSSR count). The highest BCUT2D eigenvalue weighted by atomic mass is 16.4. The molecule has 1 aromatic carbocycles. The maximum Gasteiger partial charge on any atom is 0.326 e. The Morgan fingerprint density at radius 1 is 1.28 bits per heavy atom. The smallest absolute Gasteiger partial charge is 0.326 e. The second-order valence-corrected chi connectivity index (χ2v) is 4.54. The minimum absolute atomic E-state index is 0.00771. The molecule has 1 saturated carbocycles. The van der Waals surface area contributed by atoms with Crippen molar-refractivity contribution in [3.63, 3.8) is 0 Å². The Morgan fingerprint density at radius 3 is 2.39 bits per heavy atom. The predicted molar refractivity (Wildman–Crippen MR) is 64.1 cm³/mol. The first-order valence-corrected chi connectivity index (χ1v) is 5.87. The predicted octanol–water partition coefficient (Wildman–Crippen LogP) is 0.914. The van der Waals surface area contributed by atoms with Gasteiger partial charge in [-0.05, 0) is 30.5 Å². The Balaban J connectivity index is 1.99. The number of carbonyl (C=O) groups excluding carboxylic acids is 1. The number of aliphatic carboxylic acids is 1. The van der Waals surface area contributed by atoms with Gasteiger partial charge in [0.05, 0.1) is 0 Å². The van der Waals surface area contributed by atoms with Crippen LogP contribution in [0.2, 0.25) is 0 Å². The highest BCUT2D eigenvalue weighted by Crippen LogP contribution is 2.29. The molecule has 5 heteroatoms. The zero-order valence-corrected chi connectivity index (χ0v) is 9.80. The van der Waals surface area contributed by atoms with Crippen molar-refractivity contribution in [3.05, 3.63) is 29.8 Å². The van der Waals surface area contributed by atoms with Crippen molar-refractivity contribution in [1.82, 2.24) is 5.32 Å². The minimum Gasteiger partial charge on any atom is -0.508 e. The number of amides is 1. The van der Waals surface area contributed by atoms with E-state index in [2.05, 4.69) is 5.32 Å². The van der Waals surface area contributed by atoms with Gasteiger partial charge in [0.25, 0.3) is 0 Å².